The number of hydrazone groups is 1. The minimum Gasteiger partial charge on any atom is -0.497 e. The lowest BCUT2D eigenvalue weighted by molar-refractivity contribution is 0.0938. The number of halogens is 1. The molecule has 0 saturated carbocycles. The highest BCUT2D eigenvalue weighted by atomic mass is 35.5. The standard InChI is InChI=1S/C24H25ClN6O5/c1-14(15-4-6-16(25)7-5-15)28-29-23-26-21-20(22(33)27-24(34)30(21)2)31(23)12-17(32)13-36-19-10-8-18(35-3)9-11-19/h4-11,17,32H,12-13H2,1-3H3,(H,26,29)(H,27,33,34)/b28-14-. The van der Waals surface area contributed by atoms with Crippen molar-refractivity contribution in [2.45, 2.75) is 19.6 Å². The number of anilines is 1. The number of aliphatic hydroxyl groups is 1. The summed E-state index contributed by atoms with van der Waals surface area (Å²) >= 11 is 5.96. The predicted octanol–water partition coefficient (Wildman–Crippen LogP) is 2.36. The smallest absolute Gasteiger partial charge is 0.329 e. The van der Waals surface area contributed by atoms with Crippen LogP contribution < -0.4 is 26.1 Å². The number of hydrogen-bond donors (Lipinski definition) is 3. The monoisotopic (exact) mass is 512 g/mol. The van der Waals surface area contributed by atoms with Crippen LogP contribution in [0.2, 0.25) is 5.02 Å². The van der Waals surface area contributed by atoms with E-state index >= 15 is 0 Å². The number of aromatic nitrogens is 4. The number of nitrogens with zero attached hydrogens (tertiary/aromatic N) is 4. The van der Waals surface area contributed by atoms with Crippen molar-refractivity contribution in [1.82, 2.24) is 19.1 Å². The van der Waals surface area contributed by atoms with E-state index in [1.807, 2.05) is 12.1 Å². The maximum atomic E-state index is 12.7. The van der Waals surface area contributed by atoms with Crippen LogP contribution in [0.5, 0.6) is 11.5 Å². The van der Waals surface area contributed by atoms with E-state index in [0.717, 1.165) is 5.56 Å². The average Bonchev–Trinajstić information content (AvgIpc) is 3.24. The Balaban J connectivity index is 1.62. The normalized spacial score (nSPS) is 12.5. The molecular formula is C24H25ClN6O5. The average molecular weight is 513 g/mol. The zero-order chi connectivity index (χ0) is 25.8. The summed E-state index contributed by atoms with van der Waals surface area (Å²) in [7, 11) is 3.06. The molecule has 1 atom stereocenters. The minimum atomic E-state index is -1.01. The Bertz CT molecular complexity index is 1510. The quantitative estimate of drug-likeness (QED) is 0.231. The number of methoxy groups -OCH3 is 1. The predicted molar refractivity (Wildman–Crippen MR) is 137 cm³/mol. The largest absolute Gasteiger partial charge is 0.497 e. The van der Waals surface area contributed by atoms with Crippen molar-refractivity contribution >= 4 is 34.4 Å². The Morgan fingerprint density at radius 3 is 2.50 bits per heavy atom. The van der Waals surface area contributed by atoms with Gasteiger partial charge >= 0.3 is 5.69 Å². The lowest BCUT2D eigenvalue weighted by Crippen LogP contribution is -2.30. The van der Waals surface area contributed by atoms with Gasteiger partial charge in [-0.1, -0.05) is 23.7 Å². The Labute approximate surface area is 210 Å². The molecule has 1 unspecified atom stereocenters. The van der Waals surface area contributed by atoms with E-state index in [1.54, 1.807) is 50.4 Å². The van der Waals surface area contributed by atoms with Crippen LogP contribution in [0.3, 0.4) is 0 Å². The van der Waals surface area contributed by atoms with E-state index in [4.69, 9.17) is 21.1 Å². The number of imidazole rings is 1. The molecule has 0 fully saturated rings. The van der Waals surface area contributed by atoms with Gasteiger partial charge in [0.15, 0.2) is 11.2 Å². The fraction of sp³-hybridized carbons (Fsp3) is 0.250. The summed E-state index contributed by atoms with van der Waals surface area (Å²) in [5.41, 5.74) is 3.34. The molecule has 0 bridgehead atoms. The first-order chi connectivity index (χ1) is 17.3. The van der Waals surface area contributed by atoms with Crippen LogP contribution in [0.15, 0.2) is 63.2 Å². The third-order valence-electron chi connectivity index (χ3n) is 5.49. The van der Waals surface area contributed by atoms with Gasteiger partial charge in [-0.2, -0.15) is 10.1 Å². The van der Waals surface area contributed by atoms with Gasteiger partial charge < -0.3 is 19.1 Å². The number of fused-ring (bicyclic) bond motifs is 1. The molecular weight excluding hydrogens is 488 g/mol. The molecule has 0 aliphatic heterocycles. The highest BCUT2D eigenvalue weighted by molar-refractivity contribution is 6.30. The van der Waals surface area contributed by atoms with Gasteiger partial charge in [-0.15, -0.1) is 0 Å². The molecule has 2 aromatic carbocycles. The lowest BCUT2D eigenvalue weighted by Gasteiger charge is -2.15. The second-order valence-electron chi connectivity index (χ2n) is 7.99. The lowest BCUT2D eigenvalue weighted by atomic mass is 10.1. The van der Waals surface area contributed by atoms with E-state index in [1.165, 1.54) is 16.2 Å². The van der Waals surface area contributed by atoms with Crippen molar-refractivity contribution < 1.29 is 14.6 Å². The second-order valence-corrected chi connectivity index (χ2v) is 8.43. The van der Waals surface area contributed by atoms with Crippen molar-refractivity contribution in [1.29, 1.82) is 0 Å². The molecule has 0 aliphatic carbocycles. The van der Waals surface area contributed by atoms with Crippen molar-refractivity contribution in [3.8, 4) is 11.5 Å². The number of benzene rings is 2. The van der Waals surface area contributed by atoms with E-state index in [0.29, 0.717) is 22.2 Å². The number of aliphatic hydroxyl groups excluding tert-OH is 1. The SMILES string of the molecule is COc1ccc(OCC(O)Cn2c(N/N=C(/C)c3ccc(Cl)cc3)nc3c2c(=O)[nH]c(=O)n3C)cc1. The summed E-state index contributed by atoms with van der Waals surface area (Å²) in [6.07, 6.45) is -1.01. The zero-order valence-corrected chi connectivity index (χ0v) is 20.6. The molecule has 0 spiro atoms. The first-order valence-electron chi connectivity index (χ1n) is 11.0. The highest BCUT2D eigenvalue weighted by Crippen LogP contribution is 2.19. The van der Waals surface area contributed by atoms with Gasteiger partial charge in [0.25, 0.3) is 5.56 Å². The number of aromatic amines is 1. The van der Waals surface area contributed by atoms with Crippen LogP contribution >= 0.6 is 11.6 Å². The number of nitrogens with one attached hydrogen (secondary N) is 2. The second kappa shape index (κ2) is 10.7. The Kier molecular flexibility index (Phi) is 7.41. The van der Waals surface area contributed by atoms with E-state index in [-0.39, 0.29) is 30.3 Å². The van der Waals surface area contributed by atoms with Crippen LogP contribution in [0.25, 0.3) is 11.2 Å². The molecule has 4 rings (SSSR count). The number of hydrogen-bond acceptors (Lipinski definition) is 8. The molecule has 188 valence electrons. The van der Waals surface area contributed by atoms with Crippen LogP contribution in [0, 0.1) is 0 Å². The summed E-state index contributed by atoms with van der Waals surface area (Å²) in [5.74, 6) is 1.41. The zero-order valence-electron chi connectivity index (χ0n) is 19.9. The van der Waals surface area contributed by atoms with E-state index in [2.05, 4.69) is 20.5 Å². The van der Waals surface area contributed by atoms with Crippen LogP contribution in [0.4, 0.5) is 5.95 Å². The molecule has 12 heteroatoms. The summed E-state index contributed by atoms with van der Waals surface area (Å²) in [6.45, 7) is 1.69. The van der Waals surface area contributed by atoms with Crippen molar-refractivity contribution in [3.63, 3.8) is 0 Å². The molecule has 0 radical (unpaired) electrons. The highest BCUT2D eigenvalue weighted by Gasteiger charge is 2.20. The molecule has 3 N–H and O–H groups in total. The molecule has 36 heavy (non-hydrogen) atoms. The number of ether oxygens (including phenoxy) is 2. The molecule has 0 saturated heterocycles. The Hall–Kier alpha value is -4.09. The van der Waals surface area contributed by atoms with Crippen LogP contribution in [0.1, 0.15) is 12.5 Å². The van der Waals surface area contributed by atoms with Gasteiger partial charge in [-0.3, -0.25) is 14.3 Å². The first kappa shape index (κ1) is 25.0. The maximum Gasteiger partial charge on any atom is 0.329 e. The van der Waals surface area contributed by atoms with Crippen molar-refractivity contribution in [3.05, 3.63) is 80.0 Å². The van der Waals surface area contributed by atoms with Gasteiger partial charge in [0.2, 0.25) is 5.95 Å². The number of H-pyrrole nitrogens is 1. The topological polar surface area (TPSA) is 136 Å². The minimum absolute atomic E-state index is 0.0498. The molecule has 0 aliphatic rings. The Morgan fingerprint density at radius 1 is 1.17 bits per heavy atom. The number of aryl methyl sites for hydroxylation is 1. The van der Waals surface area contributed by atoms with Crippen molar-refractivity contribution in [2.24, 2.45) is 12.1 Å². The van der Waals surface area contributed by atoms with Crippen LogP contribution in [-0.2, 0) is 13.6 Å². The summed E-state index contributed by atoms with van der Waals surface area (Å²) in [4.78, 5) is 31.4. The molecule has 11 nitrogen and oxygen atoms in total. The molecule has 0 amide bonds. The molecule has 2 aromatic heterocycles. The van der Waals surface area contributed by atoms with Crippen molar-refractivity contribution in [2.75, 3.05) is 19.1 Å². The first-order valence-corrected chi connectivity index (χ1v) is 11.4. The number of rotatable bonds is 9. The summed E-state index contributed by atoms with van der Waals surface area (Å²) in [6, 6.07) is 14.1. The fourth-order valence-corrected chi connectivity index (χ4v) is 3.64. The summed E-state index contributed by atoms with van der Waals surface area (Å²) in [5, 5.41) is 15.7. The van der Waals surface area contributed by atoms with Gasteiger partial charge in [0, 0.05) is 12.1 Å². The molecule has 4 aromatic rings. The van der Waals surface area contributed by atoms with Gasteiger partial charge in [0.05, 0.1) is 19.4 Å². The van der Waals surface area contributed by atoms with E-state index < -0.39 is 17.4 Å². The third-order valence-corrected chi connectivity index (χ3v) is 5.74. The van der Waals surface area contributed by atoms with Crippen LogP contribution in [-0.4, -0.2) is 49.7 Å². The third kappa shape index (κ3) is 5.42. The maximum absolute atomic E-state index is 12.7. The molecule has 2 heterocycles. The van der Waals surface area contributed by atoms with Gasteiger partial charge in [-0.25, -0.2) is 10.2 Å². The van der Waals surface area contributed by atoms with E-state index in [9.17, 15) is 14.7 Å². The van der Waals surface area contributed by atoms with Gasteiger partial charge in [0.1, 0.15) is 24.2 Å². The summed E-state index contributed by atoms with van der Waals surface area (Å²) < 4.78 is 13.5. The van der Waals surface area contributed by atoms with Gasteiger partial charge in [-0.05, 0) is 48.9 Å². The fourth-order valence-electron chi connectivity index (χ4n) is 3.51. The Morgan fingerprint density at radius 2 is 1.83 bits per heavy atom.